The largest absolute Gasteiger partial charge is 0.212 e. The fourth-order valence-corrected chi connectivity index (χ4v) is 2.62. The second-order valence-corrected chi connectivity index (χ2v) is 11.7. The third-order valence-corrected chi connectivity index (χ3v) is 4.65. The van der Waals surface area contributed by atoms with E-state index in [1.165, 1.54) is 29.6 Å². The van der Waals surface area contributed by atoms with Crippen molar-refractivity contribution in [1.29, 1.82) is 0 Å². The van der Waals surface area contributed by atoms with Crippen LogP contribution in [-0.4, -0.2) is 5.71 Å². The average Bonchev–Trinajstić information content (AvgIpc) is 2.83. The van der Waals surface area contributed by atoms with Crippen LogP contribution in [0.5, 0.6) is 0 Å². The summed E-state index contributed by atoms with van der Waals surface area (Å²) in [6, 6.07) is 10.1. The molecule has 0 heterocycles. The van der Waals surface area contributed by atoms with Crippen molar-refractivity contribution >= 4 is 27.0 Å². The molecule has 11 radical (unpaired) electrons. The van der Waals surface area contributed by atoms with Gasteiger partial charge in [0.05, 0.1) is 12.8 Å². The number of rotatable bonds is 1. The second-order valence-electron chi connectivity index (χ2n) is 7.90. The first kappa shape index (κ1) is 39.7. The van der Waals surface area contributed by atoms with Crippen LogP contribution < -0.4 is 4.99 Å². The van der Waals surface area contributed by atoms with E-state index in [9.17, 15) is 50.4 Å². The molecule has 1 aromatic rings. The zero-order valence-electron chi connectivity index (χ0n) is 20.5. The van der Waals surface area contributed by atoms with Crippen molar-refractivity contribution in [3.05, 3.63) is 92.0 Å². The molecule has 0 amide bonds. The molecular formula is C22H26F12IrNP2-. The van der Waals surface area contributed by atoms with Gasteiger partial charge in [-0.1, -0.05) is 52.8 Å². The molecule has 2 fully saturated rings. The van der Waals surface area contributed by atoms with Gasteiger partial charge >= 0.3 is 66.0 Å². The Balaban J connectivity index is 0. The zero-order chi connectivity index (χ0) is 29.6. The fourth-order valence-electron chi connectivity index (χ4n) is 2.62. The van der Waals surface area contributed by atoms with E-state index < -0.39 is 15.6 Å². The van der Waals surface area contributed by atoms with Crippen LogP contribution in [0.2, 0.25) is 0 Å². The Morgan fingerprint density at radius 2 is 0.737 bits per heavy atom. The molecule has 0 atom stereocenters. The van der Waals surface area contributed by atoms with Crippen LogP contribution in [0.25, 0.3) is 0 Å². The van der Waals surface area contributed by atoms with Gasteiger partial charge in [-0.3, -0.25) is 0 Å². The molecular weight excluding hydrogens is 760 g/mol. The molecule has 38 heavy (non-hydrogen) atoms. The number of halogens is 12. The van der Waals surface area contributed by atoms with Crippen molar-refractivity contribution in [2.24, 2.45) is 0 Å². The summed E-state index contributed by atoms with van der Waals surface area (Å²) in [5.74, 6) is 7.34. The molecule has 1 aromatic carbocycles. The molecule has 0 saturated heterocycles. The van der Waals surface area contributed by atoms with Crippen LogP contribution in [0.15, 0.2) is 30.3 Å². The predicted molar refractivity (Wildman–Crippen MR) is 125 cm³/mol. The Hall–Kier alpha value is -0.441. The van der Waals surface area contributed by atoms with Crippen molar-refractivity contribution in [2.45, 2.75) is 34.6 Å². The second kappa shape index (κ2) is 12.2. The standard InChI is InChI=1S/C12H10N.C10H15.2F6P.Ir/c1-3-7-11(8-4-1)13-12-9-5-2-6-10-12;1-6-7(2)9(4)10(5)8(6)3;2*1-7(2,3,4,5)6;/h1-10H;1-5H3;;;/q;;2*-1;/p+1. The number of nitrogens with one attached hydrogen (secondary N) is 1. The van der Waals surface area contributed by atoms with Gasteiger partial charge in [0.15, 0.2) is 5.71 Å². The van der Waals surface area contributed by atoms with Gasteiger partial charge in [-0.2, -0.15) is 0 Å². The average molecular weight is 787 g/mol. The minimum Gasteiger partial charge on any atom is -0.212 e. The maximum atomic E-state index is 9.87. The molecule has 16 heteroatoms. The van der Waals surface area contributed by atoms with E-state index in [2.05, 4.69) is 39.6 Å². The number of hydrogen-bond acceptors (Lipinski definition) is 0. The Morgan fingerprint density at radius 3 is 1.00 bits per heavy atom. The van der Waals surface area contributed by atoms with Gasteiger partial charge in [-0.15, -0.1) is 0 Å². The minimum atomic E-state index is -10.7. The Morgan fingerprint density at radius 1 is 0.474 bits per heavy atom. The molecule has 2 saturated carbocycles. The van der Waals surface area contributed by atoms with Crippen LogP contribution >= 0.6 is 15.6 Å². The monoisotopic (exact) mass is 787 g/mol. The molecule has 2 aliphatic carbocycles. The summed E-state index contributed by atoms with van der Waals surface area (Å²) in [5.41, 5.74) is 2.24. The zero-order valence-corrected chi connectivity index (χ0v) is 24.7. The molecule has 0 aliphatic heterocycles. The van der Waals surface area contributed by atoms with Gasteiger partial charge < -0.3 is 0 Å². The SMILES string of the molecule is C[C]1[C](C)[C](C)[C](C)[C]1C.F[P-](F)(F)(F)(F)F.F[P-](F)(F)(F)(F)F.[CH]1[CH][CH]C(=[NH+]c2ccccc2)[CH][CH]1.[Ir]. The van der Waals surface area contributed by atoms with E-state index in [-0.39, 0.29) is 20.1 Å². The van der Waals surface area contributed by atoms with E-state index in [1.54, 1.807) is 0 Å². The molecule has 1 nitrogen and oxygen atoms in total. The first-order valence-corrected chi connectivity index (χ1v) is 14.2. The van der Waals surface area contributed by atoms with Gasteiger partial charge in [0, 0.05) is 32.2 Å². The van der Waals surface area contributed by atoms with Crippen molar-refractivity contribution in [3.8, 4) is 0 Å². The van der Waals surface area contributed by atoms with Crippen molar-refractivity contribution < 1.29 is 75.5 Å². The third kappa shape index (κ3) is 27.1. The topological polar surface area (TPSA) is 14.0 Å². The fraction of sp³-hybridized carbons (Fsp3) is 0.227. The van der Waals surface area contributed by atoms with E-state index >= 15 is 0 Å². The molecule has 1 N–H and O–H groups in total. The van der Waals surface area contributed by atoms with Crippen LogP contribution in [-0.2, 0) is 20.1 Å². The summed E-state index contributed by atoms with van der Waals surface area (Å²) in [6.45, 7) is 11.0. The quantitative estimate of drug-likeness (QED) is 0.215. The molecule has 0 bridgehead atoms. The van der Waals surface area contributed by atoms with Crippen LogP contribution in [0.4, 0.5) is 56.1 Å². The van der Waals surface area contributed by atoms with Gasteiger partial charge in [0.1, 0.15) is 0 Å². The van der Waals surface area contributed by atoms with E-state index in [4.69, 9.17) is 0 Å². The normalized spacial score (nSPS) is 21.9. The summed E-state index contributed by atoms with van der Waals surface area (Å²) in [5, 5.41) is 0. The van der Waals surface area contributed by atoms with E-state index in [0.717, 1.165) is 11.4 Å². The van der Waals surface area contributed by atoms with Crippen molar-refractivity contribution in [2.75, 3.05) is 0 Å². The maximum Gasteiger partial charge on any atom is 0.203 e. The van der Waals surface area contributed by atoms with E-state index in [0.29, 0.717) is 0 Å². The Bertz CT molecular complexity index is 783. The molecule has 3 rings (SSSR count). The van der Waals surface area contributed by atoms with Crippen LogP contribution in [0.1, 0.15) is 34.6 Å². The van der Waals surface area contributed by atoms with Gasteiger partial charge in [-0.25, -0.2) is 4.99 Å². The smallest absolute Gasteiger partial charge is 0.203 e. The van der Waals surface area contributed by atoms with E-state index in [1.807, 2.05) is 62.4 Å². The maximum absolute atomic E-state index is 10.7. The first-order chi connectivity index (χ1) is 15.9. The number of benzene rings is 1. The number of hydrogen-bond donors (Lipinski definition) is 1. The molecule has 0 spiro atoms. The van der Waals surface area contributed by atoms with Gasteiger partial charge in [-0.05, 0) is 48.9 Å². The van der Waals surface area contributed by atoms with Crippen molar-refractivity contribution in [1.82, 2.24) is 0 Å². The predicted octanol–water partition coefficient (Wildman–Crippen LogP) is 10.6. The summed E-state index contributed by atoms with van der Waals surface area (Å²) in [7, 11) is -21.3. The molecule has 0 aromatic heterocycles. The third-order valence-electron chi connectivity index (χ3n) is 4.65. The van der Waals surface area contributed by atoms with Crippen LogP contribution in [0, 0.1) is 61.7 Å². The minimum absolute atomic E-state index is 0. The summed E-state index contributed by atoms with van der Waals surface area (Å²) in [4.78, 5) is 3.30. The molecule has 2 aliphatic rings. The van der Waals surface area contributed by atoms with Gasteiger partial charge in [0.2, 0.25) is 5.69 Å². The van der Waals surface area contributed by atoms with Crippen LogP contribution in [0.3, 0.4) is 0 Å². The summed E-state index contributed by atoms with van der Waals surface area (Å²) >= 11 is 0. The Labute approximate surface area is 229 Å². The number of para-hydroxylation sites is 1. The summed E-state index contributed by atoms with van der Waals surface area (Å²) in [6.07, 6.45) is 10.1. The Kier molecular flexibility index (Phi) is 12.7. The molecule has 0 unspecified atom stereocenters. The van der Waals surface area contributed by atoms with Gasteiger partial charge in [0.25, 0.3) is 0 Å². The summed E-state index contributed by atoms with van der Waals surface area (Å²) < 4.78 is 118. The first-order valence-electron chi connectivity index (χ1n) is 10.1. The van der Waals surface area contributed by atoms with Crippen molar-refractivity contribution in [3.63, 3.8) is 0 Å². The molecule has 223 valence electrons.